The van der Waals surface area contributed by atoms with Gasteiger partial charge in [0.05, 0.1) is 5.56 Å². The Balaban J connectivity index is 1.98. The van der Waals surface area contributed by atoms with Gasteiger partial charge in [-0.1, -0.05) is 16.6 Å². The van der Waals surface area contributed by atoms with Crippen LogP contribution in [0.4, 0.5) is 0 Å². The summed E-state index contributed by atoms with van der Waals surface area (Å²) >= 11 is 4.60. The van der Waals surface area contributed by atoms with Crippen LogP contribution in [0, 0.1) is 0 Å². The first-order chi connectivity index (χ1) is 9.24. The summed E-state index contributed by atoms with van der Waals surface area (Å²) < 4.78 is 9.69. The summed E-state index contributed by atoms with van der Waals surface area (Å²) in [5.41, 5.74) is 1.54. The second-order valence-corrected chi connectivity index (χ2v) is 5.11. The first-order valence-electron chi connectivity index (χ1n) is 5.28. The molecule has 0 saturated carbocycles. The summed E-state index contributed by atoms with van der Waals surface area (Å²) in [4.78, 5) is 15.9. The molecule has 0 N–H and O–H groups in total. The summed E-state index contributed by atoms with van der Waals surface area (Å²) in [6.07, 6.45) is 1.55. The van der Waals surface area contributed by atoms with Crippen LogP contribution in [-0.2, 0) is 9.53 Å². The Morgan fingerprint density at radius 3 is 2.89 bits per heavy atom. The number of halogens is 1. The predicted molar refractivity (Wildman–Crippen MR) is 74.7 cm³/mol. The molecule has 0 saturated heterocycles. The molecule has 0 radical (unpaired) electrons. The van der Waals surface area contributed by atoms with Crippen molar-refractivity contribution in [2.45, 2.75) is 0 Å². The van der Waals surface area contributed by atoms with E-state index < -0.39 is 5.97 Å². The molecule has 2 aromatic rings. The maximum absolute atomic E-state index is 11.7. The van der Waals surface area contributed by atoms with Gasteiger partial charge in [-0.05, 0) is 45.7 Å². The van der Waals surface area contributed by atoms with Gasteiger partial charge in [-0.3, -0.25) is 0 Å². The van der Waals surface area contributed by atoms with E-state index in [2.05, 4.69) is 30.5 Å². The second kappa shape index (κ2) is 5.02. The lowest BCUT2D eigenvalue weighted by Crippen LogP contribution is -2.05. The van der Waals surface area contributed by atoms with Gasteiger partial charge < -0.3 is 4.74 Å². The summed E-state index contributed by atoms with van der Waals surface area (Å²) in [5, 5.41) is 5.56. The zero-order valence-corrected chi connectivity index (χ0v) is 11.8. The number of hydrogen-bond acceptors (Lipinski definition) is 6. The lowest BCUT2D eigenvalue weighted by Gasteiger charge is -2.01. The van der Waals surface area contributed by atoms with Crippen LogP contribution in [0.25, 0.3) is 6.08 Å². The Morgan fingerprint density at radius 2 is 2.16 bits per heavy atom. The van der Waals surface area contributed by atoms with Crippen LogP contribution < -0.4 is 0 Å². The molecule has 1 aromatic heterocycles. The van der Waals surface area contributed by atoms with Crippen LogP contribution in [0.15, 0.2) is 44.8 Å². The maximum Gasteiger partial charge on any atom is 0.363 e. The van der Waals surface area contributed by atoms with Crippen molar-refractivity contribution in [3.8, 4) is 0 Å². The molecule has 0 atom stereocenters. The quantitative estimate of drug-likeness (QED) is 0.625. The molecule has 0 fully saturated rings. The lowest BCUT2D eigenvalue weighted by atomic mass is 10.2. The van der Waals surface area contributed by atoms with Crippen molar-refractivity contribution in [2.24, 2.45) is 4.99 Å². The van der Waals surface area contributed by atoms with Crippen LogP contribution in [0.5, 0.6) is 0 Å². The van der Waals surface area contributed by atoms with Gasteiger partial charge in [0.15, 0.2) is 5.70 Å². The molecule has 1 aliphatic rings. The number of carbonyl (C=O) groups excluding carboxylic acids is 1. The smallest absolute Gasteiger partial charge is 0.363 e. The van der Waals surface area contributed by atoms with Gasteiger partial charge in [0, 0.05) is 9.85 Å². The summed E-state index contributed by atoms with van der Waals surface area (Å²) in [6, 6.07) is 7.41. The lowest BCUT2D eigenvalue weighted by molar-refractivity contribution is -0.129. The molecule has 0 amide bonds. The molecule has 94 valence electrons. The number of benzene rings is 1. The second-order valence-electron chi connectivity index (χ2n) is 3.65. The monoisotopic (exact) mass is 335 g/mol. The molecular formula is C12H6BrN3O2S. The van der Waals surface area contributed by atoms with E-state index in [9.17, 15) is 4.79 Å². The van der Waals surface area contributed by atoms with Gasteiger partial charge in [-0.2, -0.15) is 0 Å². The normalized spacial score (nSPS) is 16.6. The van der Waals surface area contributed by atoms with Crippen molar-refractivity contribution in [1.29, 1.82) is 0 Å². The fraction of sp³-hybridized carbons (Fsp3) is 0. The Morgan fingerprint density at radius 1 is 1.32 bits per heavy atom. The van der Waals surface area contributed by atoms with E-state index in [1.54, 1.807) is 11.5 Å². The van der Waals surface area contributed by atoms with Crippen LogP contribution in [0.3, 0.4) is 0 Å². The minimum Gasteiger partial charge on any atom is -0.402 e. The highest BCUT2D eigenvalue weighted by Gasteiger charge is 2.25. The van der Waals surface area contributed by atoms with E-state index in [0.717, 1.165) is 10.0 Å². The Hall–Kier alpha value is -1.86. The molecule has 0 unspecified atom stereocenters. The molecular weight excluding hydrogens is 330 g/mol. The van der Waals surface area contributed by atoms with Crippen molar-refractivity contribution in [3.63, 3.8) is 0 Å². The van der Waals surface area contributed by atoms with E-state index >= 15 is 0 Å². The van der Waals surface area contributed by atoms with Crippen LogP contribution in [-0.4, -0.2) is 21.5 Å². The third-order valence-electron chi connectivity index (χ3n) is 2.39. The number of nitrogens with zero attached hydrogens (tertiary/aromatic N) is 3. The predicted octanol–water partition coefficient (Wildman–Crippen LogP) is 2.65. The number of hydrogen-bond donors (Lipinski definition) is 0. The molecule has 1 aliphatic heterocycles. The van der Waals surface area contributed by atoms with Gasteiger partial charge >= 0.3 is 5.97 Å². The minimum atomic E-state index is -0.487. The molecule has 1 aromatic carbocycles. The summed E-state index contributed by atoms with van der Waals surface area (Å²) in [6.45, 7) is 0. The van der Waals surface area contributed by atoms with Crippen molar-refractivity contribution < 1.29 is 9.53 Å². The van der Waals surface area contributed by atoms with E-state index in [0.29, 0.717) is 5.69 Å². The van der Waals surface area contributed by atoms with Crippen molar-refractivity contribution in [3.05, 3.63) is 51.1 Å². The molecule has 0 spiro atoms. The molecule has 7 heteroatoms. The highest BCUT2D eigenvalue weighted by molar-refractivity contribution is 9.10. The van der Waals surface area contributed by atoms with E-state index in [4.69, 9.17) is 4.74 Å². The zero-order valence-electron chi connectivity index (χ0n) is 9.41. The first-order valence-corrected chi connectivity index (χ1v) is 6.91. The van der Waals surface area contributed by atoms with Crippen molar-refractivity contribution in [2.75, 3.05) is 0 Å². The van der Waals surface area contributed by atoms with Crippen LogP contribution >= 0.6 is 27.5 Å². The highest BCUT2D eigenvalue weighted by atomic mass is 79.9. The summed E-state index contributed by atoms with van der Waals surface area (Å²) in [7, 11) is 0. The molecule has 0 aliphatic carbocycles. The Labute approximate surface area is 120 Å². The third-order valence-corrected chi connectivity index (χ3v) is 3.60. The third kappa shape index (κ3) is 2.47. The van der Waals surface area contributed by atoms with Gasteiger partial charge in [0.1, 0.15) is 5.69 Å². The van der Waals surface area contributed by atoms with Gasteiger partial charge in [0.2, 0.25) is 5.90 Å². The minimum absolute atomic E-state index is 0.221. The number of carbonyl (C=O) groups is 1. The summed E-state index contributed by atoms with van der Waals surface area (Å²) in [5.74, 6) is -0.203. The number of aromatic nitrogens is 2. The number of aliphatic imine (C=N–C) groups is 1. The molecule has 0 bridgehead atoms. The average Bonchev–Trinajstić information content (AvgIpc) is 3.02. The maximum atomic E-state index is 11.7. The molecule has 2 heterocycles. The number of ether oxygens (including phenoxy) is 1. The fourth-order valence-corrected chi connectivity index (χ4v) is 2.40. The molecule has 19 heavy (non-hydrogen) atoms. The van der Waals surface area contributed by atoms with E-state index in [1.807, 2.05) is 24.3 Å². The SMILES string of the molecule is O=C1OC(c2ccccc2Br)=N/C1=C/c1csnn1. The highest BCUT2D eigenvalue weighted by Crippen LogP contribution is 2.23. The van der Waals surface area contributed by atoms with Crippen molar-refractivity contribution in [1.82, 2.24) is 9.59 Å². The fourth-order valence-electron chi connectivity index (χ4n) is 1.53. The van der Waals surface area contributed by atoms with Gasteiger partial charge in [0.25, 0.3) is 0 Å². The topological polar surface area (TPSA) is 64.4 Å². The number of esters is 1. The molecule has 5 nitrogen and oxygen atoms in total. The Kier molecular flexibility index (Phi) is 3.22. The van der Waals surface area contributed by atoms with E-state index in [1.165, 1.54) is 11.5 Å². The van der Waals surface area contributed by atoms with Gasteiger partial charge in [-0.15, -0.1) is 5.10 Å². The van der Waals surface area contributed by atoms with Gasteiger partial charge in [-0.25, -0.2) is 9.79 Å². The van der Waals surface area contributed by atoms with Crippen molar-refractivity contribution >= 4 is 45.4 Å². The number of cyclic esters (lactones) is 1. The van der Waals surface area contributed by atoms with E-state index in [-0.39, 0.29) is 11.6 Å². The number of rotatable bonds is 2. The first kappa shape index (κ1) is 12.2. The molecule has 3 rings (SSSR count). The largest absolute Gasteiger partial charge is 0.402 e. The Bertz CT molecular complexity index is 695. The zero-order chi connectivity index (χ0) is 13.2. The van der Waals surface area contributed by atoms with Crippen LogP contribution in [0.2, 0.25) is 0 Å². The average molecular weight is 336 g/mol. The standard InChI is InChI=1S/C12H6BrN3O2S/c13-9-4-2-1-3-8(9)11-14-10(12(17)18-11)5-7-6-19-16-15-7/h1-6H/b10-5+. The van der Waals surface area contributed by atoms with Crippen LogP contribution in [0.1, 0.15) is 11.3 Å².